The average Bonchev–Trinajstić information content (AvgIpc) is 3.16. The third-order valence-electron chi connectivity index (χ3n) is 4.60. The highest BCUT2D eigenvalue weighted by Gasteiger charge is 2.23. The van der Waals surface area contributed by atoms with Crippen LogP contribution < -0.4 is 5.32 Å². The smallest absolute Gasteiger partial charge is 0.325 e. The third-order valence-corrected chi connectivity index (χ3v) is 4.60. The summed E-state index contributed by atoms with van der Waals surface area (Å²) < 4.78 is 10.5. The normalized spacial score (nSPS) is 10.7. The van der Waals surface area contributed by atoms with E-state index >= 15 is 0 Å². The molecule has 32 heavy (non-hydrogen) atoms. The average molecular weight is 444 g/mol. The maximum atomic E-state index is 13.3. The number of benzene rings is 1. The zero-order valence-corrected chi connectivity index (χ0v) is 19.3. The fourth-order valence-electron chi connectivity index (χ4n) is 3.19. The summed E-state index contributed by atoms with van der Waals surface area (Å²) >= 11 is 0. The van der Waals surface area contributed by atoms with Crippen molar-refractivity contribution < 1.29 is 23.5 Å². The molecule has 0 fully saturated rings. The number of esters is 1. The lowest BCUT2D eigenvalue weighted by Crippen LogP contribution is -2.48. The van der Waals surface area contributed by atoms with E-state index in [2.05, 4.69) is 5.32 Å². The van der Waals surface area contributed by atoms with Gasteiger partial charge >= 0.3 is 12.0 Å². The van der Waals surface area contributed by atoms with E-state index in [9.17, 15) is 14.4 Å². The standard InChI is InChI=1S/C24H33N3O5/c1-5-31-23(29)13-25-24(30)27(14-18(2)3)17-22(28)26(15-20-9-7-6-8-10-20)16-21-12-11-19(4)32-21/h6-12,18H,5,13-17H2,1-4H3,(H,25,30). The maximum Gasteiger partial charge on any atom is 0.325 e. The Bertz CT molecular complexity index is 879. The number of nitrogens with zero attached hydrogens (tertiary/aromatic N) is 2. The Morgan fingerprint density at radius 1 is 1.03 bits per heavy atom. The minimum atomic E-state index is -0.518. The molecule has 3 amide bonds. The topological polar surface area (TPSA) is 92.1 Å². The van der Waals surface area contributed by atoms with Crippen molar-refractivity contribution in [2.24, 2.45) is 5.92 Å². The molecule has 0 aliphatic heterocycles. The van der Waals surface area contributed by atoms with Crippen LogP contribution in [0.25, 0.3) is 0 Å². The lowest BCUT2D eigenvalue weighted by molar-refractivity contribution is -0.141. The second-order valence-corrected chi connectivity index (χ2v) is 7.99. The van der Waals surface area contributed by atoms with Crippen molar-refractivity contribution >= 4 is 17.9 Å². The monoisotopic (exact) mass is 443 g/mol. The lowest BCUT2D eigenvalue weighted by Gasteiger charge is -2.28. The largest absolute Gasteiger partial charge is 0.465 e. The molecule has 8 heteroatoms. The molecular weight excluding hydrogens is 410 g/mol. The number of furan rings is 1. The molecule has 0 unspecified atom stereocenters. The van der Waals surface area contributed by atoms with Crippen molar-refractivity contribution in [1.82, 2.24) is 15.1 Å². The summed E-state index contributed by atoms with van der Waals surface area (Å²) in [5, 5.41) is 2.54. The Kier molecular flexibility index (Phi) is 9.78. The van der Waals surface area contributed by atoms with Crippen LogP contribution in [0.15, 0.2) is 46.9 Å². The van der Waals surface area contributed by atoms with Gasteiger partial charge in [-0.2, -0.15) is 0 Å². The second kappa shape index (κ2) is 12.5. The van der Waals surface area contributed by atoms with E-state index in [0.29, 0.717) is 25.4 Å². The van der Waals surface area contributed by atoms with Gasteiger partial charge in [-0.3, -0.25) is 9.59 Å². The maximum absolute atomic E-state index is 13.3. The Labute approximate surface area is 189 Å². The van der Waals surface area contributed by atoms with Crippen LogP contribution in [-0.2, 0) is 27.4 Å². The van der Waals surface area contributed by atoms with Crippen LogP contribution in [0.5, 0.6) is 0 Å². The van der Waals surface area contributed by atoms with Crippen molar-refractivity contribution in [3.8, 4) is 0 Å². The van der Waals surface area contributed by atoms with E-state index < -0.39 is 12.0 Å². The fourth-order valence-corrected chi connectivity index (χ4v) is 3.19. The molecule has 1 heterocycles. The molecule has 0 atom stereocenters. The molecule has 1 aromatic carbocycles. The van der Waals surface area contributed by atoms with Gasteiger partial charge in [0.2, 0.25) is 5.91 Å². The highest BCUT2D eigenvalue weighted by atomic mass is 16.5. The number of aryl methyl sites for hydroxylation is 1. The van der Waals surface area contributed by atoms with Gasteiger partial charge in [0.05, 0.1) is 13.2 Å². The van der Waals surface area contributed by atoms with Crippen LogP contribution in [0.4, 0.5) is 4.79 Å². The minimum Gasteiger partial charge on any atom is -0.465 e. The van der Waals surface area contributed by atoms with Gasteiger partial charge in [-0.25, -0.2) is 4.79 Å². The molecule has 0 aliphatic carbocycles. The summed E-state index contributed by atoms with van der Waals surface area (Å²) in [7, 11) is 0. The Hall–Kier alpha value is -3.29. The van der Waals surface area contributed by atoms with E-state index in [1.165, 1.54) is 4.90 Å². The van der Waals surface area contributed by atoms with Gasteiger partial charge < -0.3 is 24.3 Å². The van der Waals surface area contributed by atoms with Crippen LogP contribution in [0.2, 0.25) is 0 Å². The first kappa shape index (κ1) is 25.0. The molecule has 1 N–H and O–H groups in total. The number of amides is 3. The van der Waals surface area contributed by atoms with Gasteiger partial charge in [-0.1, -0.05) is 44.2 Å². The zero-order chi connectivity index (χ0) is 23.5. The molecular formula is C24H33N3O5. The van der Waals surface area contributed by atoms with Gasteiger partial charge in [0.15, 0.2) is 0 Å². The summed E-state index contributed by atoms with van der Waals surface area (Å²) in [6.45, 7) is 8.42. The van der Waals surface area contributed by atoms with E-state index in [-0.39, 0.29) is 31.5 Å². The van der Waals surface area contributed by atoms with Crippen LogP contribution in [0, 0.1) is 12.8 Å². The van der Waals surface area contributed by atoms with Gasteiger partial charge in [-0.15, -0.1) is 0 Å². The number of hydrogen-bond acceptors (Lipinski definition) is 5. The number of hydrogen-bond donors (Lipinski definition) is 1. The first-order valence-electron chi connectivity index (χ1n) is 10.8. The summed E-state index contributed by atoms with van der Waals surface area (Å²) in [6.07, 6.45) is 0. The predicted octanol–water partition coefficient (Wildman–Crippen LogP) is 3.35. The zero-order valence-electron chi connectivity index (χ0n) is 19.3. The number of rotatable bonds is 11. The fraction of sp³-hybridized carbons (Fsp3) is 0.458. The number of urea groups is 1. The van der Waals surface area contributed by atoms with Gasteiger partial charge in [0.25, 0.3) is 0 Å². The number of ether oxygens (including phenoxy) is 1. The van der Waals surface area contributed by atoms with Crippen LogP contribution in [0.3, 0.4) is 0 Å². The molecule has 0 bridgehead atoms. The Morgan fingerprint density at radius 3 is 2.34 bits per heavy atom. The van der Waals surface area contributed by atoms with Crippen molar-refractivity contribution in [3.05, 3.63) is 59.5 Å². The van der Waals surface area contributed by atoms with E-state index in [0.717, 1.165) is 11.3 Å². The molecule has 1 aromatic heterocycles. The Balaban J connectivity index is 2.12. The summed E-state index contributed by atoms with van der Waals surface area (Å²) in [5.74, 6) is 0.859. The third kappa shape index (κ3) is 8.45. The lowest BCUT2D eigenvalue weighted by atomic mass is 10.2. The van der Waals surface area contributed by atoms with E-state index in [1.807, 2.05) is 63.2 Å². The second-order valence-electron chi connectivity index (χ2n) is 7.99. The minimum absolute atomic E-state index is 0.112. The quantitative estimate of drug-likeness (QED) is 0.538. The van der Waals surface area contributed by atoms with Gasteiger partial charge in [-0.05, 0) is 37.5 Å². The van der Waals surface area contributed by atoms with Crippen molar-refractivity contribution in [2.75, 3.05) is 26.2 Å². The molecule has 8 nitrogen and oxygen atoms in total. The molecule has 2 aromatic rings. The Morgan fingerprint density at radius 2 is 1.75 bits per heavy atom. The highest BCUT2D eigenvalue weighted by Crippen LogP contribution is 2.14. The molecule has 2 rings (SSSR count). The molecule has 0 aliphatic rings. The number of carbonyl (C=O) groups is 3. The SMILES string of the molecule is CCOC(=O)CNC(=O)N(CC(=O)N(Cc1ccccc1)Cc1ccc(C)o1)CC(C)C. The van der Waals surface area contributed by atoms with Crippen molar-refractivity contribution in [1.29, 1.82) is 0 Å². The van der Waals surface area contributed by atoms with E-state index in [1.54, 1.807) is 11.8 Å². The molecule has 0 spiro atoms. The van der Waals surface area contributed by atoms with Crippen LogP contribution in [0.1, 0.15) is 37.9 Å². The molecule has 0 saturated carbocycles. The molecule has 0 saturated heterocycles. The highest BCUT2D eigenvalue weighted by molar-refractivity contribution is 5.86. The summed E-state index contributed by atoms with van der Waals surface area (Å²) in [4.78, 5) is 40.6. The summed E-state index contributed by atoms with van der Waals surface area (Å²) in [5.41, 5.74) is 0.978. The number of carbonyl (C=O) groups excluding carboxylic acids is 3. The number of nitrogens with one attached hydrogen (secondary N) is 1. The van der Waals surface area contributed by atoms with Crippen LogP contribution >= 0.6 is 0 Å². The van der Waals surface area contributed by atoms with Crippen molar-refractivity contribution in [2.45, 2.75) is 40.8 Å². The predicted molar refractivity (Wildman–Crippen MR) is 121 cm³/mol. The summed E-state index contributed by atoms with van der Waals surface area (Å²) in [6, 6.07) is 12.9. The first-order valence-corrected chi connectivity index (χ1v) is 10.8. The van der Waals surface area contributed by atoms with E-state index in [4.69, 9.17) is 9.15 Å². The van der Waals surface area contributed by atoms with Crippen molar-refractivity contribution in [3.63, 3.8) is 0 Å². The molecule has 174 valence electrons. The first-order chi connectivity index (χ1) is 15.3. The van der Waals surface area contributed by atoms with Crippen LogP contribution in [-0.4, -0.2) is 53.9 Å². The molecule has 0 radical (unpaired) electrons. The van der Waals surface area contributed by atoms with Gasteiger partial charge in [0.1, 0.15) is 24.6 Å². The van der Waals surface area contributed by atoms with Gasteiger partial charge in [0, 0.05) is 13.1 Å².